The molecule has 0 unspecified atom stereocenters. The Kier molecular flexibility index (Phi) is 4.62. The molecule has 0 radical (unpaired) electrons. The quantitative estimate of drug-likeness (QED) is 0.514. The number of nitrogens with zero attached hydrogens (tertiary/aromatic N) is 5. The van der Waals surface area contributed by atoms with Crippen molar-refractivity contribution >= 4 is 23.0 Å². The fourth-order valence-electron chi connectivity index (χ4n) is 3.91. The Labute approximate surface area is 176 Å². The lowest BCUT2D eigenvalue weighted by Gasteiger charge is -2.37. The van der Waals surface area contributed by atoms with Crippen molar-refractivity contribution in [2.45, 2.75) is 26.7 Å². The van der Waals surface area contributed by atoms with Crippen LogP contribution in [0.2, 0.25) is 0 Å². The van der Waals surface area contributed by atoms with Crippen molar-refractivity contribution in [2.24, 2.45) is 5.41 Å². The summed E-state index contributed by atoms with van der Waals surface area (Å²) >= 11 is 0. The van der Waals surface area contributed by atoms with E-state index in [1.165, 1.54) is 12.8 Å². The predicted octanol–water partition coefficient (Wildman–Crippen LogP) is 5.16. The molecule has 6 nitrogen and oxygen atoms in total. The maximum Gasteiger partial charge on any atom is 0.177 e. The Balaban J connectivity index is 1.45. The standard InChI is InChI=1S/C24H26N6/c1-24(2)11-14-29(15-12-24)22-10-6-9-21(27-22)26-20-17-19(18-7-4-3-5-8-18)28-30-16-13-25-23(20)30/h3-10,13,16-17H,11-12,14-15H2,1-2H3,(H,26,27). The van der Waals surface area contributed by atoms with Gasteiger partial charge in [-0.1, -0.05) is 50.2 Å². The number of pyridine rings is 1. The summed E-state index contributed by atoms with van der Waals surface area (Å²) in [5.41, 5.74) is 4.04. The van der Waals surface area contributed by atoms with Gasteiger partial charge in [0.05, 0.1) is 11.4 Å². The highest BCUT2D eigenvalue weighted by Gasteiger charge is 2.26. The summed E-state index contributed by atoms with van der Waals surface area (Å²) in [6, 6.07) is 18.4. The van der Waals surface area contributed by atoms with Gasteiger partial charge in [-0.2, -0.15) is 5.10 Å². The second-order valence-corrected chi connectivity index (χ2v) is 8.66. The van der Waals surface area contributed by atoms with Gasteiger partial charge in [0.1, 0.15) is 11.6 Å². The van der Waals surface area contributed by atoms with Crippen LogP contribution < -0.4 is 10.2 Å². The SMILES string of the molecule is CC1(C)CCN(c2cccc(Nc3cc(-c4ccccc4)nn4ccnc34)n2)CC1. The van der Waals surface area contributed by atoms with Crippen LogP contribution in [-0.4, -0.2) is 32.7 Å². The molecule has 5 rings (SSSR count). The fraction of sp³-hybridized carbons (Fsp3) is 0.292. The van der Waals surface area contributed by atoms with E-state index in [0.29, 0.717) is 5.41 Å². The normalized spacial score (nSPS) is 16.0. The lowest BCUT2D eigenvalue weighted by molar-refractivity contribution is 0.279. The first-order valence-corrected chi connectivity index (χ1v) is 10.5. The molecule has 0 amide bonds. The van der Waals surface area contributed by atoms with E-state index >= 15 is 0 Å². The molecule has 6 heteroatoms. The minimum Gasteiger partial charge on any atom is -0.357 e. The molecule has 1 fully saturated rings. The van der Waals surface area contributed by atoms with Crippen LogP contribution in [0.25, 0.3) is 16.9 Å². The number of piperidine rings is 1. The van der Waals surface area contributed by atoms with Gasteiger partial charge in [0.15, 0.2) is 5.65 Å². The Hall–Kier alpha value is -3.41. The van der Waals surface area contributed by atoms with E-state index in [-0.39, 0.29) is 0 Å². The maximum absolute atomic E-state index is 4.89. The Morgan fingerprint density at radius 1 is 0.967 bits per heavy atom. The summed E-state index contributed by atoms with van der Waals surface area (Å²) in [5.74, 6) is 1.83. The third kappa shape index (κ3) is 3.73. The second kappa shape index (κ2) is 7.44. The van der Waals surface area contributed by atoms with Crippen molar-refractivity contribution < 1.29 is 0 Å². The summed E-state index contributed by atoms with van der Waals surface area (Å²) in [4.78, 5) is 11.7. The van der Waals surface area contributed by atoms with Gasteiger partial charge in [0.2, 0.25) is 0 Å². The second-order valence-electron chi connectivity index (χ2n) is 8.66. The summed E-state index contributed by atoms with van der Waals surface area (Å²) in [6.07, 6.45) is 6.01. The number of fused-ring (bicyclic) bond motifs is 1. The molecule has 30 heavy (non-hydrogen) atoms. The minimum atomic E-state index is 0.420. The zero-order chi connectivity index (χ0) is 20.6. The predicted molar refractivity (Wildman–Crippen MR) is 121 cm³/mol. The highest BCUT2D eigenvalue weighted by molar-refractivity contribution is 5.77. The van der Waals surface area contributed by atoms with E-state index in [0.717, 1.165) is 47.3 Å². The molecule has 1 saturated heterocycles. The lowest BCUT2D eigenvalue weighted by Crippen LogP contribution is -2.37. The highest BCUT2D eigenvalue weighted by Crippen LogP contribution is 2.32. The topological polar surface area (TPSA) is 58.4 Å². The fourth-order valence-corrected chi connectivity index (χ4v) is 3.91. The van der Waals surface area contributed by atoms with Gasteiger partial charge in [-0.25, -0.2) is 14.5 Å². The largest absolute Gasteiger partial charge is 0.357 e. The molecule has 1 aromatic carbocycles. The number of imidazole rings is 1. The molecule has 4 aromatic rings. The molecule has 0 atom stereocenters. The number of benzene rings is 1. The Morgan fingerprint density at radius 3 is 2.57 bits per heavy atom. The van der Waals surface area contributed by atoms with Crippen LogP contribution in [-0.2, 0) is 0 Å². The van der Waals surface area contributed by atoms with E-state index < -0.39 is 0 Å². The Morgan fingerprint density at radius 2 is 1.77 bits per heavy atom. The van der Waals surface area contributed by atoms with Crippen LogP contribution in [0.3, 0.4) is 0 Å². The first kappa shape index (κ1) is 18.6. The number of nitrogens with one attached hydrogen (secondary N) is 1. The van der Waals surface area contributed by atoms with Crippen LogP contribution in [0.1, 0.15) is 26.7 Å². The summed E-state index contributed by atoms with van der Waals surface area (Å²) < 4.78 is 1.81. The number of rotatable bonds is 4. The van der Waals surface area contributed by atoms with Crippen molar-refractivity contribution in [1.82, 2.24) is 19.6 Å². The highest BCUT2D eigenvalue weighted by atomic mass is 15.3. The van der Waals surface area contributed by atoms with Crippen LogP contribution in [0.4, 0.5) is 17.3 Å². The molecule has 152 valence electrons. The smallest absolute Gasteiger partial charge is 0.177 e. The van der Waals surface area contributed by atoms with Crippen molar-refractivity contribution in [2.75, 3.05) is 23.3 Å². The van der Waals surface area contributed by atoms with Crippen LogP contribution in [0, 0.1) is 5.41 Å². The molecule has 3 aromatic heterocycles. The molecule has 1 N–H and O–H groups in total. The molecule has 1 aliphatic heterocycles. The molecule has 0 aliphatic carbocycles. The van der Waals surface area contributed by atoms with Gasteiger partial charge in [0.25, 0.3) is 0 Å². The molecule has 0 saturated carbocycles. The molecular formula is C24H26N6. The first-order valence-electron chi connectivity index (χ1n) is 10.5. The van der Waals surface area contributed by atoms with Gasteiger partial charge in [-0.3, -0.25) is 0 Å². The average molecular weight is 399 g/mol. The number of anilines is 3. The molecule has 4 heterocycles. The number of hydrogen-bond donors (Lipinski definition) is 1. The van der Waals surface area contributed by atoms with Crippen molar-refractivity contribution in [3.05, 3.63) is 67.0 Å². The van der Waals surface area contributed by atoms with Gasteiger partial charge in [-0.05, 0) is 36.5 Å². The van der Waals surface area contributed by atoms with Crippen LogP contribution >= 0.6 is 0 Å². The van der Waals surface area contributed by atoms with E-state index in [4.69, 9.17) is 10.1 Å². The van der Waals surface area contributed by atoms with Crippen LogP contribution in [0.15, 0.2) is 67.0 Å². The van der Waals surface area contributed by atoms with Crippen molar-refractivity contribution in [3.8, 4) is 11.3 Å². The van der Waals surface area contributed by atoms with Gasteiger partial charge >= 0.3 is 0 Å². The van der Waals surface area contributed by atoms with Gasteiger partial charge in [-0.15, -0.1) is 0 Å². The zero-order valence-electron chi connectivity index (χ0n) is 17.4. The van der Waals surface area contributed by atoms with E-state index in [9.17, 15) is 0 Å². The first-order chi connectivity index (χ1) is 14.6. The average Bonchev–Trinajstić information content (AvgIpc) is 3.24. The van der Waals surface area contributed by atoms with Gasteiger partial charge < -0.3 is 10.2 Å². The monoisotopic (exact) mass is 398 g/mol. The van der Waals surface area contributed by atoms with Crippen molar-refractivity contribution in [3.63, 3.8) is 0 Å². The molecule has 0 bridgehead atoms. The van der Waals surface area contributed by atoms with E-state index in [1.54, 1.807) is 10.7 Å². The molecule has 0 spiro atoms. The van der Waals surface area contributed by atoms with E-state index in [2.05, 4.69) is 53.3 Å². The summed E-state index contributed by atoms with van der Waals surface area (Å²) in [5, 5.41) is 8.18. The van der Waals surface area contributed by atoms with Gasteiger partial charge in [0, 0.05) is 31.0 Å². The summed E-state index contributed by atoms with van der Waals surface area (Å²) in [6.45, 7) is 6.78. The number of hydrogen-bond acceptors (Lipinski definition) is 5. The Bertz CT molecular complexity index is 1150. The molecule has 1 aliphatic rings. The zero-order valence-corrected chi connectivity index (χ0v) is 17.4. The third-order valence-corrected chi connectivity index (χ3v) is 5.87. The maximum atomic E-state index is 4.89. The minimum absolute atomic E-state index is 0.420. The van der Waals surface area contributed by atoms with Crippen LogP contribution in [0.5, 0.6) is 0 Å². The van der Waals surface area contributed by atoms with E-state index in [1.807, 2.05) is 36.5 Å². The lowest BCUT2D eigenvalue weighted by atomic mass is 9.83. The molecular weight excluding hydrogens is 372 g/mol. The van der Waals surface area contributed by atoms with Crippen molar-refractivity contribution in [1.29, 1.82) is 0 Å². The number of aromatic nitrogens is 4. The third-order valence-electron chi connectivity index (χ3n) is 5.87. The summed E-state index contributed by atoms with van der Waals surface area (Å²) in [7, 11) is 0.